The predicted molar refractivity (Wildman–Crippen MR) is 101 cm³/mol. The van der Waals surface area contributed by atoms with Gasteiger partial charge >= 0.3 is 0 Å². The minimum atomic E-state index is -0.0176. The average Bonchev–Trinajstić information content (AvgIpc) is 3.02. The van der Waals surface area contributed by atoms with Gasteiger partial charge in [0.2, 0.25) is 5.91 Å². The van der Waals surface area contributed by atoms with E-state index in [9.17, 15) is 9.59 Å². The number of carbonyl (C=O) groups is 2. The largest absolute Gasteiger partial charge is 0.493 e. The molecule has 0 aliphatic carbocycles. The van der Waals surface area contributed by atoms with E-state index in [0.29, 0.717) is 38.2 Å². The smallest absolute Gasteiger partial charge is 0.255 e. The lowest BCUT2D eigenvalue weighted by Gasteiger charge is -2.22. The summed E-state index contributed by atoms with van der Waals surface area (Å²) in [6.45, 7) is 3.19. The molecule has 2 aliphatic rings. The highest BCUT2D eigenvalue weighted by atomic mass is 16.5. The number of amides is 2. The van der Waals surface area contributed by atoms with Crippen LogP contribution < -0.4 is 4.74 Å². The zero-order valence-corrected chi connectivity index (χ0v) is 15.3. The van der Waals surface area contributed by atoms with Crippen molar-refractivity contribution in [3.05, 3.63) is 59.4 Å². The second-order valence-electron chi connectivity index (χ2n) is 6.99. The third-order valence-corrected chi connectivity index (χ3v) is 5.15. The third kappa shape index (κ3) is 3.94. The Morgan fingerprint density at radius 3 is 2.78 bits per heavy atom. The Morgan fingerprint density at radius 2 is 1.93 bits per heavy atom. The number of nitrogens with zero attached hydrogens (tertiary/aromatic N) is 3. The Labute approximate surface area is 158 Å². The molecule has 6 heteroatoms. The molecule has 0 spiro atoms. The van der Waals surface area contributed by atoms with Gasteiger partial charge < -0.3 is 14.5 Å². The number of carbonyl (C=O) groups excluding carboxylic acids is 2. The summed E-state index contributed by atoms with van der Waals surface area (Å²) >= 11 is 0. The fourth-order valence-corrected chi connectivity index (χ4v) is 3.68. The summed E-state index contributed by atoms with van der Waals surface area (Å²) in [7, 11) is 0. The lowest BCUT2D eigenvalue weighted by Crippen LogP contribution is -2.38. The molecule has 0 N–H and O–H groups in total. The van der Waals surface area contributed by atoms with Crippen molar-refractivity contribution in [2.24, 2.45) is 0 Å². The maximum absolute atomic E-state index is 12.7. The number of benzene rings is 1. The Hall–Kier alpha value is -2.89. The van der Waals surface area contributed by atoms with Crippen molar-refractivity contribution in [2.75, 3.05) is 32.8 Å². The maximum Gasteiger partial charge on any atom is 0.255 e. The molecular formula is C21H23N3O3. The molecule has 3 heterocycles. The van der Waals surface area contributed by atoms with Gasteiger partial charge in [0, 0.05) is 45.0 Å². The Bertz CT molecular complexity index is 838. The summed E-state index contributed by atoms with van der Waals surface area (Å²) < 4.78 is 5.52. The highest BCUT2D eigenvalue weighted by molar-refractivity contribution is 5.94. The molecule has 1 aromatic heterocycles. The van der Waals surface area contributed by atoms with Gasteiger partial charge in [-0.05, 0) is 35.7 Å². The molecule has 140 valence electrons. The lowest BCUT2D eigenvalue weighted by atomic mass is 10.1. The fourth-order valence-electron chi connectivity index (χ4n) is 3.68. The van der Waals surface area contributed by atoms with Crippen LogP contribution in [0.25, 0.3) is 0 Å². The SMILES string of the molecule is O=C(Cc1ccc2c(c1)CCO2)N1CCCN(C(=O)c2cccnc2)CC1. The number of pyridine rings is 1. The molecule has 1 aromatic carbocycles. The first-order valence-electron chi connectivity index (χ1n) is 9.42. The molecule has 0 saturated carbocycles. The van der Waals surface area contributed by atoms with Gasteiger partial charge in [-0.3, -0.25) is 14.6 Å². The van der Waals surface area contributed by atoms with Crippen molar-refractivity contribution < 1.29 is 14.3 Å². The highest BCUT2D eigenvalue weighted by Gasteiger charge is 2.23. The third-order valence-electron chi connectivity index (χ3n) is 5.15. The van der Waals surface area contributed by atoms with Crippen LogP contribution in [0.15, 0.2) is 42.7 Å². The number of fused-ring (bicyclic) bond motifs is 1. The molecule has 1 saturated heterocycles. The predicted octanol–water partition coefficient (Wildman–Crippen LogP) is 1.93. The summed E-state index contributed by atoms with van der Waals surface area (Å²) in [5.41, 5.74) is 2.80. The lowest BCUT2D eigenvalue weighted by molar-refractivity contribution is -0.130. The summed E-state index contributed by atoms with van der Waals surface area (Å²) in [6.07, 6.45) is 5.34. The van der Waals surface area contributed by atoms with E-state index in [0.717, 1.165) is 30.8 Å². The normalized spacial score (nSPS) is 16.4. The van der Waals surface area contributed by atoms with Crippen molar-refractivity contribution in [3.63, 3.8) is 0 Å². The topological polar surface area (TPSA) is 62.7 Å². The molecule has 2 aliphatic heterocycles. The van der Waals surface area contributed by atoms with E-state index >= 15 is 0 Å². The van der Waals surface area contributed by atoms with Gasteiger partial charge in [-0.1, -0.05) is 12.1 Å². The van der Waals surface area contributed by atoms with Gasteiger partial charge in [0.05, 0.1) is 18.6 Å². The molecule has 1 fully saturated rings. The van der Waals surface area contributed by atoms with Crippen molar-refractivity contribution in [3.8, 4) is 5.75 Å². The highest BCUT2D eigenvalue weighted by Crippen LogP contribution is 2.26. The molecule has 0 atom stereocenters. The molecule has 0 unspecified atom stereocenters. The maximum atomic E-state index is 12.7. The van der Waals surface area contributed by atoms with Crippen LogP contribution in [-0.2, 0) is 17.6 Å². The Morgan fingerprint density at radius 1 is 1.07 bits per heavy atom. The number of hydrogen-bond acceptors (Lipinski definition) is 4. The van der Waals surface area contributed by atoms with E-state index < -0.39 is 0 Å². The van der Waals surface area contributed by atoms with E-state index in [4.69, 9.17) is 4.74 Å². The van der Waals surface area contributed by atoms with Crippen LogP contribution in [0.2, 0.25) is 0 Å². The van der Waals surface area contributed by atoms with Crippen LogP contribution in [0.1, 0.15) is 27.9 Å². The quantitative estimate of drug-likeness (QED) is 0.834. The number of ether oxygens (including phenoxy) is 1. The molecule has 2 amide bonds. The minimum absolute atomic E-state index is 0.0176. The van der Waals surface area contributed by atoms with Gasteiger partial charge in [0.25, 0.3) is 5.91 Å². The van der Waals surface area contributed by atoms with E-state index in [1.165, 1.54) is 5.56 Å². The van der Waals surface area contributed by atoms with Crippen molar-refractivity contribution in [1.82, 2.24) is 14.8 Å². The molecule has 2 aromatic rings. The summed E-state index contributed by atoms with van der Waals surface area (Å²) in [6, 6.07) is 9.55. The van der Waals surface area contributed by atoms with Gasteiger partial charge in [0.1, 0.15) is 5.75 Å². The summed E-state index contributed by atoms with van der Waals surface area (Å²) in [5.74, 6) is 1.03. The van der Waals surface area contributed by atoms with Crippen LogP contribution in [0.4, 0.5) is 0 Å². The second kappa shape index (κ2) is 7.78. The first kappa shape index (κ1) is 17.5. The molecule has 4 rings (SSSR count). The van der Waals surface area contributed by atoms with Gasteiger partial charge in [-0.25, -0.2) is 0 Å². The second-order valence-corrected chi connectivity index (χ2v) is 6.99. The molecule has 0 radical (unpaired) electrons. The van der Waals surface area contributed by atoms with Gasteiger partial charge in [-0.2, -0.15) is 0 Å². The zero-order chi connectivity index (χ0) is 18.6. The monoisotopic (exact) mass is 365 g/mol. The van der Waals surface area contributed by atoms with Gasteiger partial charge in [0.15, 0.2) is 0 Å². The molecule has 0 bridgehead atoms. The minimum Gasteiger partial charge on any atom is -0.493 e. The van der Waals surface area contributed by atoms with Crippen LogP contribution in [0, 0.1) is 0 Å². The Kier molecular flexibility index (Phi) is 5.05. The fraction of sp³-hybridized carbons (Fsp3) is 0.381. The zero-order valence-electron chi connectivity index (χ0n) is 15.3. The van der Waals surface area contributed by atoms with E-state index in [1.54, 1.807) is 24.5 Å². The van der Waals surface area contributed by atoms with Crippen molar-refractivity contribution >= 4 is 11.8 Å². The Balaban J connectivity index is 1.36. The van der Waals surface area contributed by atoms with Crippen molar-refractivity contribution in [1.29, 1.82) is 0 Å². The molecular weight excluding hydrogens is 342 g/mol. The van der Waals surface area contributed by atoms with Crippen molar-refractivity contribution in [2.45, 2.75) is 19.3 Å². The van der Waals surface area contributed by atoms with E-state index in [2.05, 4.69) is 11.1 Å². The standard InChI is InChI=1S/C21H23N3O3/c25-20(14-16-4-5-19-17(13-16)6-12-27-19)23-8-2-9-24(11-10-23)21(26)18-3-1-7-22-15-18/h1,3-5,7,13,15H,2,6,8-12,14H2. The first-order valence-corrected chi connectivity index (χ1v) is 9.42. The molecule has 27 heavy (non-hydrogen) atoms. The van der Waals surface area contributed by atoms with E-state index in [-0.39, 0.29) is 11.8 Å². The summed E-state index contributed by atoms with van der Waals surface area (Å²) in [4.78, 5) is 33.1. The average molecular weight is 365 g/mol. The summed E-state index contributed by atoms with van der Waals surface area (Å²) in [5, 5.41) is 0. The van der Waals surface area contributed by atoms with Gasteiger partial charge in [-0.15, -0.1) is 0 Å². The van der Waals surface area contributed by atoms with Crippen LogP contribution >= 0.6 is 0 Å². The van der Waals surface area contributed by atoms with Crippen LogP contribution in [-0.4, -0.2) is 59.4 Å². The number of aromatic nitrogens is 1. The molecule has 6 nitrogen and oxygen atoms in total. The van der Waals surface area contributed by atoms with Crippen LogP contribution in [0.3, 0.4) is 0 Å². The van der Waals surface area contributed by atoms with Crippen LogP contribution in [0.5, 0.6) is 5.75 Å². The first-order chi connectivity index (χ1) is 13.2. The van der Waals surface area contributed by atoms with E-state index in [1.807, 2.05) is 21.9 Å². The number of rotatable bonds is 3. The number of hydrogen-bond donors (Lipinski definition) is 0.